The minimum absolute atomic E-state index is 0.218. The van der Waals surface area contributed by atoms with Gasteiger partial charge < -0.3 is 15.2 Å². The molecule has 1 aromatic heterocycles. The first-order chi connectivity index (χ1) is 13.5. The Hall–Kier alpha value is -3.15. The summed E-state index contributed by atoms with van der Waals surface area (Å²) in [5, 5.41) is 6.70. The molecule has 0 saturated carbocycles. The van der Waals surface area contributed by atoms with Gasteiger partial charge in [0.2, 0.25) is 0 Å². The van der Waals surface area contributed by atoms with E-state index >= 15 is 0 Å². The van der Waals surface area contributed by atoms with Crippen molar-refractivity contribution in [3.63, 3.8) is 0 Å². The number of hydrogen-bond donors (Lipinski definition) is 2. The van der Waals surface area contributed by atoms with E-state index in [4.69, 9.17) is 0 Å². The summed E-state index contributed by atoms with van der Waals surface area (Å²) in [7, 11) is 1.74. The number of benzene rings is 2. The van der Waals surface area contributed by atoms with Gasteiger partial charge in [-0.15, -0.1) is 0 Å². The first-order valence-corrected chi connectivity index (χ1v) is 9.26. The lowest BCUT2D eigenvalue weighted by Crippen LogP contribution is -2.43. The van der Waals surface area contributed by atoms with Crippen molar-refractivity contribution in [2.75, 3.05) is 13.6 Å². The molecule has 2 N–H and O–H groups in total. The molecule has 0 radical (unpaired) electrons. The number of halogens is 1. The summed E-state index contributed by atoms with van der Waals surface area (Å²) in [6, 6.07) is 14.9. The van der Waals surface area contributed by atoms with Crippen LogP contribution in [0.3, 0.4) is 0 Å². The maximum Gasteiger partial charge on any atom is 0.191 e. The van der Waals surface area contributed by atoms with Crippen molar-refractivity contribution in [1.29, 1.82) is 0 Å². The number of imidazole rings is 1. The number of aromatic nitrogens is 2. The Morgan fingerprint density at radius 1 is 1.14 bits per heavy atom. The third kappa shape index (κ3) is 4.76. The van der Waals surface area contributed by atoms with Crippen molar-refractivity contribution in [1.82, 2.24) is 20.2 Å². The second-order valence-corrected chi connectivity index (χ2v) is 7.27. The van der Waals surface area contributed by atoms with E-state index in [2.05, 4.69) is 46.6 Å². The lowest BCUT2D eigenvalue weighted by atomic mass is 9.84. The average Bonchev–Trinajstić information content (AvgIpc) is 3.23. The lowest BCUT2D eigenvalue weighted by molar-refractivity contribution is 0.503. The average molecular weight is 379 g/mol. The molecule has 0 bridgehead atoms. The van der Waals surface area contributed by atoms with Crippen LogP contribution in [-0.4, -0.2) is 29.1 Å². The van der Waals surface area contributed by atoms with E-state index in [1.807, 2.05) is 29.0 Å². The van der Waals surface area contributed by atoms with Crippen LogP contribution in [0.15, 0.2) is 72.2 Å². The van der Waals surface area contributed by atoms with Crippen LogP contribution in [0.25, 0.3) is 5.69 Å². The molecule has 3 aromatic rings. The van der Waals surface area contributed by atoms with Gasteiger partial charge in [0.15, 0.2) is 5.96 Å². The molecule has 1 heterocycles. The summed E-state index contributed by atoms with van der Waals surface area (Å²) in [6.07, 6.45) is 5.47. The first-order valence-electron chi connectivity index (χ1n) is 9.26. The van der Waals surface area contributed by atoms with Gasteiger partial charge in [0.1, 0.15) is 5.82 Å². The third-order valence-electron chi connectivity index (χ3n) is 4.75. The smallest absolute Gasteiger partial charge is 0.191 e. The molecule has 28 heavy (non-hydrogen) atoms. The third-order valence-corrected chi connectivity index (χ3v) is 4.75. The van der Waals surface area contributed by atoms with Gasteiger partial charge in [0, 0.05) is 37.9 Å². The Morgan fingerprint density at radius 2 is 1.96 bits per heavy atom. The van der Waals surface area contributed by atoms with Gasteiger partial charge in [-0.05, 0) is 29.3 Å². The number of aliphatic imine (C=N–C) groups is 1. The van der Waals surface area contributed by atoms with Gasteiger partial charge in [-0.2, -0.15) is 0 Å². The zero-order chi connectivity index (χ0) is 20.0. The molecule has 0 aliphatic rings. The van der Waals surface area contributed by atoms with E-state index in [1.54, 1.807) is 31.7 Å². The minimum atomic E-state index is -0.242. The largest absolute Gasteiger partial charge is 0.356 e. The van der Waals surface area contributed by atoms with Crippen molar-refractivity contribution >= 4 is 5.96 Å². The van der Waals surface area contributed by atoms with E-state index in [0.29, 0.717) is 19.0 Å². The number of hydrogen-bond acceptors (Lipinski definition) is 2. The van der Waals surface area contributed by atoms with E-state index in [9.17, 15) is 4.39 Å². The van der Waals surface area contributed by atoms with Crippen LogP contribution in [0.1, 0.15) is 25.0 Å². The fourth-order valence-electron chi connectivity index (χ4n) is 3.03. The Labute approximate surface area is 165 Å². The van der Waals surface area contributed by atoms with Crippen molar-refractivity contribution in [2.24, 2.45) is 4.99 Å². The van der Waals surface area contributed by atoms with Crippen molar-refractivity contribution < 1.29 is 4.39 Å². The molecule has 0 atom stereocenters. The highest BCUT2D eigenvalue weighted by Gasteiger charge is 2.21. The summed E-state index contributed by atoms with van der Waals surface area (Å²) in [5.41, 5.74) is 2.91. The summed E-state index contributed by atoms with van der Waals surface area (Å²) in [6.45, 7) is 5.40. The number of rotatable bonds is 6. The molecule has 0 spiro atoms. The monoisotopic (exact) mass is 379 g/mol. The molecule has 0 fully saturated rings. The van der Waals surface area contributed by atoms with Crippen LogP contribution in [0.2, 0.25) is 0 Å². The molecule has 146 valence electrons. The summed E-state index contributed by atoms with van der Waals surface area (Å²) in [5.74, 6) is 0.481. The molecule has 5 nitrogen and oxygen atoms in total. The van der Waals surface area contributed by atoms with E-state index < -0.39 is 0 Å². The van der Waals surface area contributed by atoms with Crippen LogP contribution in [-0.2, 0) is 12.0 Å². The lowest BCUT2D eigenvalue weighted by Gasteiger charge is -2.27. The fourth-order valence-corrected chi connectivity index (χ4v) is 3.03. The molecular formula is C22H26FN5. The Morgan fingerprint density at radius 3 is 2.68 bits per heavy atom. The molecular weight excluding hydrogens is 353 g/mol. The van der Waals surface area contributed by atoms with E-state index in [-0.39, 0.29) is 11.2 Å². The van der Waals surface area contributed by atoms with Gasteiger partial charge >= 0.3 is 0 Å². The molecule has 3 rings (SSSR count). The van der Waals surface area contributed by atoms with Crippen molar-refractivity contribution in [3.8, 4) is 5.69 Å². The molecule has 0 unspecified atom stereocenters. The highest BCUT2D eigenvalue weighted by Crippen LogP contribution is 2.22. The Bertz CT molecular complexity index is 932. The van der Waals surface area contributed by atoms with Crippen molar-refractivity contribution in [3.05, 3.63) is 84.2 Å². The van der Waals surface area contributed by atoms with Crippen LogP contribution in [0.5, 0.6) is 0 Å². The zero-order valence-corrected chi connectivity index (χ0v) is 16.5. The summed E-state index contributed by atoms with van der Waals surface area (Å²) >= 11 is 0. The number of nitrogens with zero attached hydrogens (tertiary/aromatic N) is 3. The minimum Gasteiger partial charge on any atom is -0.356 e. The van der Waals surface area contributed by atoms with Crippen LogP contribution in [0, 0.1) is 5.82 Å². The van der Waals surface area contributed by atoms with E-state index in [0.717, 1.165) is 16.8 Å². The van der Waals surface area contributed by atoms with Gasteiger partial charge in [-0.1, -0.05) is 44.2 Å². The molecule has 6 heteroatoms. The normalized spacial score (nSPS) is 12.1. The van der Waals surface area contributed by atoms with Crippen LogP contribution < -0.4 is 10.6 Å². The highest BCUT2D eigenvalue weighted by molar-refractivity contribution is 5.79. The van der Waals surface area contributed by atoms with Crippen LogP contribution in [0.4, 0.5) is 4.39 Å². The number of nitrogens with one attached hydrogen (secondary N) is 2. The maximum atomic E-state index is 13.6. The SMILES string of the molecule is CN=C(NCc1ccccc1-n1ccnc1)NCC(C)(C)c1cccc(F)c1. The maximum absolute atomic E-state index is 13.6. The van der Waals surface area contributed by atoms with E-state index in [1.165, 1.54) is 6.07 Å². The quantitative estimate of drug-likeness (QED) is 0.508. The second kappa shape index (κ2) is 8.69. The Kier molecular flexibility index (Phi) is 6.09. The fraction of sp³-hybridized carbons (Fsp3) is 0.273. The van der Waals surface area contributed by atoms with Crippen LogP contribution >= 0.6 is 0 Å². The van der Waals surface area contributed by atoms with Gasteiger partial charge in [0.25, 0.3) is 0 Å². The van der Waals surface area contributed by atoms with Gasteiger partial charge in [-0.25, -0.2) is 9.37 Å². The van der Waals surface area contributed by atoms with Gasteiger partial charge in [0.05, 0.1) is 12.0 Å². The van der Waals surface area contributed by atoms with Gasteiger partial charge in [-0.3, -0.25) is 4.99 Å². The molecule has 0 amide bonds. The standard InChI is InChI=1S/C22H26FN5/c1-22(2,18-8-6-9-19(23)13-18)15-27-21(24-3)26-14-17-7-4-5-10-20(17)28-12-11-25-16-28/h4-13,16H,14-15H2,1-3H3,(H2,24,26,27). The zero-order valence-electron chi connectivity index (χ0n) is 16.5. The predicted molar refractivity (Wildman–Crippen MR) is 111 cm³/mol. The predicted octanol–water partition coefficient (Wildman–Crippen LogP) is 3.65. The number of para-hydroxylation sites is 1. The highest BCUT2D eigenvalue weighted by atomic mass is 19.1. The molecule has 2 aromatic carbocycles. The molecule has 0 saturated heterocycles. The Balaban J connectivity index is 1.63. The first kappa shape index (κ1) is 19.6. The molecule has 0 aliphatic carbocycles. The summed E-state index contributed by atoms with van der Waals surface area (Å²) in [4.78, 5) is 8.43. The number of guanidine groups is 1. The molecule has 0 aliphatic heterocycles. The van der Waals surface area contributed by atoms with Crippen molar-refractivity contribution in [2.45, 2.75) is 25.8 Å². The second-order valence-electron chi connectivity index (χ2n) is 7.27. The topological polar surface area (TPSA) is 54.2 Å². The summed E-state index contributed by atoms with van der Waals surface area (Å²) < 4.78 is 15.5.